The van der Waals surface area contributed by atoms with E-state index in [2.05, 4.69) is 10.2 Å². The third-order valence-electron chi connectivity index (χ3n) is 4.41. The van der Waals surface area contributed by atoms with Crippen molar-refractivity contribution < 1.29 is 13.6 Å². The number of rotatable bonds is 3. The zero-order valence-corrected chi connectivity index (χ0v) is 14.2. The molecule has 1 fully saturated rings. The lowest BCUT2D eigenvalue weighted by Crippen LogP contribution is -2.38. The summed E-state index contributed by atoms with van der Waals surface area (Å²) in [5.41, 5.74) is 1.32. The van der Waals surface area contributed by atoms with E-state index < -0.39 is 5.82 Å². The summed E-state index contributed by atoms with van der Waals surface area (Å²) in [7, 11) is 0. The summed E-state index contributed by atoms with van der Waals surface area (Å²) in [6.07, 6.45) is 1.51. The van der Waals surface area contributed by atoms with Gasteiger partial charge in [0.2, 0.25) is 11.8 Å². The second-order valence-electron chi connectivity index (χ2n) is 6.03. The zero-order valence-electron chi connectivity index (χ0n) is 13.4. The van der Waals surface area contributed by atoms with E-state index in [1.807, 2.05) is 16.8 Å². The molecule has 1 aliphatic heterocycles. The van der Waals surface area contributed by atoms with Crippen molar-refractivity contribution in [3.05, 3.63) is 58.4 Å². The number of thiophene rings is 1. The van der Waals surface area contributed by atoms with E-state index in [4.69, 9.17) is 4.42 Å². The Kier molecular flexibility index (Phi) is 4.31. The van der Waals surface area contributed by atoms with Gasteiger partial charge in [0.1, 0.15) is 5.82 Å². The van der Waals surface area contributed by atoms with Crippen LogP contribution in [0.25, 0.3) is 11.5 Å². The summed E-state index contributed by atoms with van der Waals surface area (Å²) < 4.78 is 19.1. The molecule has 1 aliphatic rings. The second kappa shape index (κ2) is 6.76. The van der Waals surface area contributed by atoms with Gasteiger partial charge in [0, 0.05) is 35.5 Å². The highest BCUT2D eigenvalue weighted by Crippen LogP contribution is 2.30. The highest BCUT2D eigenvalue weighted by atomic mass is 32.1. The SMILES string of the molecule is O=C(c1cccc(F)c1)N1CCC(c2nnc(-c3ccsc3)o2)CC1. The lowest BCUT2D eigenvalue weighted by Gasteiger charge is -2.30. The number of halogens is 1. The molecule has 3 aromatic rings. The molecule has 4 rings (SSSR count). The highest BCUT2D eigenvalue weighted by Gasteiger charge is 2.28. The number of hydrogen-bond acceptors (Lipinski definition) is 5. The summed E-state index contributed by atoms with van der Waals surface area (Å²) >= 11 is 1.58. The maximum Gasteiger partial charge on any atom is 0.253 e. The molecule has 0 N–H and O–H groups in total. The van der Waals surface area contributed by atoms with Gasteiger partial charge in [0.25, 0.3) is 5.91 Å². The van der Waals surface area contributed by atoms with Crippen LogP contribution in [0.4, 0.5) is 4.39 Å². The number of nitrogens with zero attached hydrogens (tertiary/aromatic N) is 3. The van der Waals surface area contributed by atoms with E-state index in [1.165, 1.54) is 12.1 Å². The van der Waals surface area contributed by atoms with Gasteiger partial charge in [-0.25, -0.2) is 4.39 Å². The van der Waals surface area contributed by atoms with Crippen molar-refractivity contribution in [1.29, 1.82) is 0 Å². The molecule has 1 aromatic carbocycles. The first-order chi connectivity index (χ1) is 12.2. The van der Waals surface area contributed by atoms with E-state index in [-0.39, 0.29) is 11.8 Å². The number of aromatic nitrogens is 2. The standard InChI is InChI=1S/C18H16FN3O2S/c19-15-3-1-2-13(10-15)18(23)22-7-4-12(5-8-22)16-20-21-17(24-16)14-6-9-25-11-14/h1-3,6,9-12H,4-5,7-8H2. The molecular weight excluding hydrogens is 341 g/mol. The Bertz CT molecular complexity index is 870. The molecule has 3 heterocycles. The molecule has 0 saturated carbocycles. The van der Waals surface area contributed by atoms with Crippen molar-refractivity contribution in [2.75, 3.05) is 13.1 Å². The minimum absolute atomic E-state index is 0.137. The number of carbonyl (C=O) groups excluding carboxylic acids is 1. The van der Waals surface area contributed by atoms with Gasteiger partial charge in [-0.3, -0.25) is 4.79 Å². The van der Waals surface area contributed by atoms with Crippen molar-refractivity contribution in [2.24, 2.45) is 0 Å². The number of benzene rings is 1. The first-order valence-corrected chi connectivity index (χ1v) is 9.06. The van der Waals surface area contributed by atoms with Crippen LogP contribution >= 0.6 is 11.3 Å². The van der Waals surface area contributed by atoms with Gasteiger partial charge in [-0.15, -0.1) is 10.2 Å². The first-order valence-electron chi connectivity index (χ1n) is 8.11. The summed E-state index contributed by atoms with van der Waals surface area (Å²) in [5, 5.41) is 12.2. The fraction of sp³-hybridized carbons (Fsp3) is 0.278. The minimum atomic E-state index is -0.396. The Morgan fingerprint density at radius 2 is 2.08 bits per heavy atom. The van der Waals surface area contributed by atoms with Crippen LogP contribution in [0.15, 0.2) is 45.5 Å². The van der Waals surface area contributed by atoms with Crippen LogP contribution in [0.5, 0.6) is 0 Å². The maximum absolute atomic E-state index is 13.3. The molecule has 128 valence electrons. The van der Waals surface area contributed by atoms with Crippen LogP contribution in [-0.2, 0) is 0 Å². The number of hydrogen-bond donors (Lipinski definition) is 0. The zero-order chi connectivity index (χ0) is 17.2. The minimum Gasteiger partial charge on any atom is -0.420 e. The fourth-order valence-corrected chi connectivity index (χ4v) is 3.67. The Morgan fingerprint density at radius 3 is 2.80 bits per heavy atom. The molecule has 0 radical (unpaired) electrons. The quantitative estimate of drug-likeness (QED) is 0.712. The summed E-state index contributed by atoms with van der Waals surface area (Å²) in [4.78, 5) is 14.2. The van der Waals surface area contributed by atoms with Crippen LogP contribution in [0, 0.1) is 5.82 Å². The Morgan fingerprint density at radius 1 is 1.24 bits per heavy atom. The van der Waals surface area contributed by atoms with E-state index >= 15 is 0 Å². The number of piperidine rings is 1. The van der Waals surface area contributed by atoms with Gasteiger partial charge in [-0.05, 0) is 42.5 Å². The molecule has 0 aliphatic carbocycles. The number of carbonyl (C=O) groups is 1. The van der Waals surface area contributed by atoms with Gasteiger partial charge in [0.05, 0.1) is 0 Å². The van der Waals surface area contributed by atoms with Gasteiger partial charge < -0.3 is 9.32 Å². The molecule has 1 saturated heterocycles. The molecule has 7 heteroatoms. The molecular formula is C18H16FN3O2S. The molecule has 5 nitrogen and oxygen atoms in total. The smallest absolute Gasteiger partial charge is 0.253 e. The van der Waals surface area contributed by atoms with E-state index in [1.54, 1.807) is 28.4 Å². The van der Waals surface area contributed by atoms with Gasteiger partial charge in [-0.1, -0.05) is 6.07 Å². The fourth-order valence-electron chi connectivity index (χ4n) is 3.04. The Labute approximate surface area is 148 Å². The lowest BCUT2D eigenvalue weighted by atomic mass is 9.96. The van der Waals surface area contributed by atoms with Crippen LogP contribution in [-0.4, -0.2) is 34.1 Å². The third kappa shape index (κ3) is 3.32. The van der Waals surface area contributed by atoms with Crippen molar-refractivity contribution in [1.82, 2.24) is 15.1 Å². The normalized spacial score (nSPS) is 15.5. The van der Waals surface area contributed by atoms with Crippen molar-refractivity contribution in [2.45, 2.75) is 18.8 Å². The summed E-state index contributed by atoms with van der Waals surface area (Å²) in [6.45, 7) is 1.19. The number of amides is 1. The van der Waals surface area contributed by atoms with E-state index in [0.717, 1.165) is 18.4 Å². The Balaban J connectivity index is 1.41. The van der Waals surface area contributed by atoms with Gasteiger partial charge in [-0.2, -0.15) is 11.3 Å². The van der Waals surface area contributed by atoms with Crippen LogP contribution in [0.1, 0.15) is 35.0 Å². The molecule has 0 spiro atoms. The molecule has 2 aromatic heterocycles. The molecule has 25 heavy (non-hydrogen) atoms. The second-order valence-corrected chi connectivity index (χ2v) is 6.81. The number of likely N-dealkylation sites (tertiary alicyclic amines) is 1. The first kappa shape index (κ1) is 16.0. The average molecular weight is 357 g/mol. The summed E-state index contributed by atoms with van der Waals surface area (Å²) in [5.74, 6) is 0.778. The van der Waals surface area contributed by atoms with Crippen LogP contribution in [0.3, 0.4) is 0 Å². The largest absolute Gasteiger partial charge is 0.420 e. The molecule has 0 bridgehead atoms. The van der Waals surface area contributed by atoms with E-state index in [0.29, 0.717) is 30.4 Å². The lowest BCUT2D eigenvalue weighted by molar-refractivity contribution is 0.0706. The van der Waals surface area contributed by atoms with Crippen molar-refractivity contribution in [3.63, 3.8) is 0 Å². The van der Waals surface area contributed by atoms with Crippen molar-refractivity contribution >= 4 is 17.2 Å². The topological polar surface area (TPSA) is 59.2 Å². The average Bonchev–Trinajstić information content (AvgIpc) is 3.32. The predicted molar refractivity (Wildman–Crippen MR) is 91.9 cm³/mol. The van der Waals surface area contributed by atoms with Crippen LogP contribution in [0.2, 0.25) is 0 Å². The molecule has 0 unspecified atom stereocenters. The van der Waals surface area contributed by atoms with Crippen LogP contribution < -0.4 is 0 Å². The Hall–Kier alpha value is -2.54. The maximum atomic E-state index is 13.3. The van der Waals surface area contributed by atoms with Crippen molar-refractivity contribution in [3.8, 4) is 11.5 Å². The van der Waals surface area contributed by atoms with Gasteiger partial charge in [0.15, 0.2) is 0 Å². The monoisotopic (exact) mass is 357 g/mol. The highest BCUT2D eigenvalue weighted by molar-refractivity contribution is 7.08. The van der Waals surface area contributed by atoms with Gasteiger partial charge >= 0.3 is 0 Å². The summed E-state index contributed by atoms with van der Waals surface area (Å²) in [6, 6.07) is 7.76. The third-order valence-corrected chi connectivity index (χ3v) is 5.09. The molecule has 1 amide bonds. The predicted octanol–water partition coefficient (Wildman–Crippen LogP) is 3.96. The molecule has 0 atom stereocenters. The van der Waals surface area contributed by atoms with E-state index in [9.17, 15) is 9.18 Å².